The van der Waals surface area contributed by atoms with Gasteiger partial charge in [-0.1, -0.05) is 51.1 Å². The standard InChI is InChI=1S/C15H22N2O3/c1-15(2,3)13(18)16-9-10-17-14(19)20-11-12-7-5-4-6-8-12/h4-8H,9-11H2,1-3H3,(H,16,18)(H,17,19). The Kier molecular flexibility index (Phi) is 6.03. The average molecular weight is 278 g/mol. The fourth-order valence-corrected chi connectivity index (χ4v) is 1.38. The SMILES string of the molecule is CC(C)(C)C(=O)NCCNC(=O)OCc1ccccc1. The molecule has 0 atom stereocenters. The Morgan fingerprint density at radius 1 is 1.05 bits per heavy atom. The van der Waals surface area contributed by atoms with Gasteiger partial charge in [-0.05, 0) is 5.56 Å². The fraction of sp³-hybridized carbons (Fsp3) is 0.467. The molecule has 0 aliphatic carbocycles. The van der Waals surface area contributed by atoms with Crippen LogP contribution in [0.5, 0.6) is 0 Å². The first-order chi connectivity index (χ1) is 9.39. The Morgan fingerprint density at radius 3 is 2.25 bits per heavy atom. The third-order valence-corrected chi connectivity index (χ3v) is 2.57. The van der Waals surface area contributed by atoms with Crippen molar-refractivity contribution in [2.75, 3.05) is 13.1 Å². The predicted octanol–water partition coefficient (Wildman–Crippen LogP) is 2.08. The van der Waals surface area contributed by atoms with Gasteiger partial charge in [0.25, 0.3) is 0 Å². The second-order valence-corrected chi connectivity index (χ2v) is 5.49. The molecule has 0 heterocycles. The molecule has 0 spiro atoms. The number of alkyl carbamates (subject to hydrolysis) is 1. The molecule has 2 N–H and O–H groups in total. The first kappa shape index (κ1) is 16.0. The van der Waals surface area contributed by atoms with Crippen molar-refractivity contribution >= 4 is 12.0 Å². The van der Waals surface area contributed by atoms with Crippen LogP contribution in [0.2, 0.25) is 0 Å². The van der Waals surface area contributed by atoms with Gasteiger partial charge >= 0.3 is 6.09 Å². The molecule has 110 valence electrons. The van der Waals surface area contributed by atoms with Crippen LogP contribution in [0.3, 0.4) is 0 Å². The number of carbonyl (C=O) groups excluding carboxylic acids is 2. The van der Waals surface area contributed by atoms with Gasteiger partial charge in [0.1, 0.15) is 6.61 Å². The van der Waals surface area contributed by atoms with E-state index >= 15 is 0 Å². The highest BCUT2D eigenvalue weighted by atomic mass is 16.5. The summed E-state index contributed by atoms with van der Waals surface area (Å²) in [5.41, 5.74) is 0.511. The minimum Gasteiger partial charge on any atom is -0.445 e. The Balaban J connectivity index is 2.13. The zero-order valence-electron chi connectivity index (χ0n) is 12.2. The Labute approximate surface area is 119 Å². The summed E-state index contributed by atoms with van der Waals surface area (Å²) < 4.78 is 5.04. The molecule has 20 heavy (non-hydrogen) atoms. The van der Waals surface area contributed by atoms with E-state index in [1.807, 2.05) is 51.1 Å². The van der Waals surface area contributed by atoms with Crippen LogP contribution in [0, 0.1) is 5.41 Å². The number of carbonyl (C=O) groups is 2. The van der Waals surface area contributed by atoms with Crippen LogP contribution in [0.25, 0.3) is 0 Å². The number of rotatable bonds is 5. The third-order valence-electron chi connectivity index (χ3n) is 2.57. The molecule has 1 rings (SSSR count). The van der Waals surface area contributed by atoms with E-state index in [4.69, 9.17) is 4.74 Å². The molecule has 0 radical (unpaired) electrons. The summed E-state index contributed by atoms with van der Waals surface area (Å²) in [5.74, 6) is -0.0445. The van der Waals surface area contributed by atoms with E-state index in [0.717, 1.165) is 5.56 Å². The predicted molar refractivity (Wildman–Crippen MR) is 77.1 cm³/mol. The van der Waals surface area contributed by atoms with Crippen molar-refractivity contribution in [1.82, 2.24) is 10.6 Å². The minimum atomic E-state index is -0.487. The lowest BCUT2D eigenvalue weighted by Gasteiger charge is -2.17. The van der Waals surface area contributed by atoms with Gasteiger partial charge < -0.3 is 15.4 Å². The highest BCUT2D eigenvalue weighted by Crippen LogP contribution is 2.11. The summed E-state index contributed by atoms with van der Waals surface area (Å²) in [4.78, 5) is 23.0. The van der Waals surface area contributed by atoms with Crippen LogP contribution in [-0.2, 0) is 16.1 Å². The Hall–Kier alpha value is -2.04. The van der Waals surface area contributed by atoms with E-state index < -0.39 is 11.5 Å². The normalized spacial score (nSPS) is 10.8. The molecule has 0 fully saturated rings. The zero-order valence-corrected chi connectivity index (χ0v) is 12.2. The van der Waals surface area contributed by atoms with E-state index in [2.05, 4.69) is 10.6 Å². The van der Waals surface area contributed by atoms with Crippen molar-refractivity contribution in [3.63, 3.8) is 0 Å². The van der Waals surface area contributed by atoms with E-state index in [-0.39, 0.29) is 12.5 Å². The number of ether oxygens (including phenoxy) is 1. The van der Waals surface area contributed by atoms with E-state index in [1.165, 1.54) is 0 Å². The maximum atomic E-state index is 11.6. The van der Waals surface area contributed by atoms with Gasteiger partial charge in [-0.3, -0.25) is 4.79 Å². The Bertz CT molecular complexity index is 438. The maximum Gasteiger partial charge on any atom is 0.407 e. The van der Waals surface area contributed by atoms with Gasteiger partial charge in [0.2, 0.25) is 5.91 Å². The topological polar surface area (TPSA) is 67.4 Å². The van der Waals surface area contributed by atoms with Gasteiger partial charge in [-0.2, -0.15) is 0 Å². The lowest BCUT2D eigenvalue weighted by atomic mass is 9.96. The van der Waals surface area contributed by atoms with Crippen molar-refractivity contribution in [3.8, 4) is 0 Å². The lowest BCUT2D eigenvalue weighted by Crippen LogP contribution is -2.40. The van der Waals surface area contributed by atoms with E-state index in [0.29, 0.717) is 13.1 Å². The molecule has 1 aromatic rings. The van der Waals surface area contributed by atoms with Crippen molar-refractivity contribution in [3.05, 3.63) is 35.9 Å². The smallest absolute Gasteiger partial charge is 0.407 e. The number of hydrogen-bond acceptors (Lipinski definition) is 3. The van der Waals surface area contributed by atoms with Crippen LogP contribution in [0.4, 0.5) is 4.79 Å². The van der Waals surface area contributed by atoms with E-state index in [1.54, 1.807) is 0 Å². The average Bonchev–Trinajstić information content (AvgIpc) is 2.41. The highest BCUT2D eigenvalue weighted by molar-refractivity contribution is 5.81. The van der Waals surface area contributed by atoms with Crippen LogP contribution < -0.4 is 10.6 Å². The molecular formula is C15H22N2O3. The van der Waals surface area contributed by atoms with Crippen LogP contribution in [0.15, 0.2) is 30.3 Å². The molecule has 5 heteroatoms. The second kappa shape index (κ2) is 7.53. The van der Waals surface area contributed by atoms with Gasteiger partial charge in [0.15, 0.2) is 0 Å². The molecule has 2 amide bonds. The van der Waals surface area contributed by atoms with Crippen molar-refractivity contribution < 1.29 is 14.3 Å². The maximum absolute atomic E-state index is 11.6. The first-order valence-electron chi connectivity index (χ1n) is 6.62. The molecule has 0 unspecified atom stereocenters. The molecule has 0 aliphatic rings. The van der Waals surface area contributed by atoms with Gasteiger partial charge in [-0.25, -0.2) is 4.79 Å². The first-order valence-corrected chi connectivity index (χ1v) is 6.62. The lowest BCUT2D eigenvalue weighted by molar-refractivity contribution is -0.128. The molecule has 1 aromatic carbocycles. The summed E-state index contributed by atoms with van der Waals surface area (Å²) in [6, 6.07) is 9.45. The summed E-state index contributed by atoms with van der Waals surface area (Å²) >= 11 is 0. The largest absolute Gasteiger partial charge is 0.445 e. The second-order valence-electron chi connectivity index (χ2n) is 5.49. The summed E-state index contributed by atoms with van der Waals surface area (Å²) in [6.45, 7) is 6.48. The van der Waals surface area contributed by atoms with Crippen LogP contribution >= 0.6 is 0 Å². The van der Waals surface area contributed by atoms with Crippen LogP contribution in [-0.4, -0.2) is 25.1 Å². The summed E-state index contributed by atoms with van der Waals surface area (Å²) in [7, 11) is 0. The number of amides is 2. The number of hydrogen-bond donors (Lipinski definition) is 2. The van der Waals surface area contributed by atoms with Crippen molar-refractivity contribution in [2.24, 2.45) is 5.41 Å². The molecule has 0 saturated carbocycles. The zero-order chi connectivity index (χ0) is 15.0. The molecule has 0 saturated heterocycles. The van der Waals surface area contributed by atoms with E-state index in [9.17, 15) is 9.59 Å². The molecule has 0 aromatic heterocycles. The quantitative estimate of drug-likeness (QED) is 0.810. The highest BCUT2D eigenvalue weighted by Gasteiger charge is 2.20. The minimum absolute atomic E-state index is 0.0445. The molecule has 0 aliphatic heterocycles. The fourth-order valence-electron chi connectivity index (χ4n) is 1.38. The van der Waals surface area contributed by atoms with Crippen molar-refractivity contribution in [1.29, 1.82) is 0 Å². The molecule has 5 nitrogen and oxygen atoms in total. The molecular weight excluding hydrogens is 256 g/mol. The summed E-state index contributed by atoms with van der Waals surface area (Å²) in [5, 5.41) is 5.33. The third kappa shape index (κ3) is 6.22. The van der Waals surface area contributed by atoms with Crippen molar-refractivity contribution in [2.45, 2.75) is 27.4 Å². The monoisotopic (exact) mass is 278 g/mol. The van der Waals surface area contributed by atoms with Crippen LogP contribution in [0.1, 0.15) is 26.3 Å². The number of benzene rings is 1. The van der Waals surface area contributed by atoms with Gasteiger partial charge in [0.05, 0.1) is 0 Å². The van der Waals surface area contributed by atoms with Gasteiger partial charge in [-0.15, -0.1) is 0 Å². The Morgan fingerprint density at radius 2 is 1.65 bits per heavy atom. The number of nitrogens with one attached hydrogen (secondary N) is 2. The molecule has 0 bridgehead atoms. The van der Waals surface area contributed by atoms with Gasteiger partial charge in [0, 0.05) is 18.5 Å². The summed E-state index contributed by atoms with van der Waals surface area (Å²) in [6.07, 6.45) is -0.487.